The van der Waals surface area contributed by atoms with Crippen LogP contribution in [-0.4, -0.2) is 21.5 Å². The third-order valence-electron chi connectivity index (χ3n) is 3.19. The van der Waals surface area contributed by atoms with Crippen molar-refractivity contribution >= 4 is 33.5 Å². The number of hydrogen-bond donors (Lipinski definition) is 2. The lowest BCUT2D eigenvalue weighted by molar-refractivity contribution is -0.364. The summed E-state index contributed by atoms with van der Waals surface area (Å²) in [6, 6.07) is 9.69. The molecule has 0 saturated carbocycles. The molecular weight excluding hydrogens is 391 g/mol. The summed E-state index contributed by atoms with van der Waals surface area (Å²) >= 11 is 5.78. The number of benzene rings is 1. The van der Waals surface area contributed by atoms with Crippen LogP contribution in [0.15, 0.2) is 48.0 Å². The first kappa shape index (κ1) is 20.2. The van der Waals surface area contributed by atoms with Crippen LogP contribution in [0, 0.1) is 0 Å². The number of anilines is 1. The van der Waals surface area contributed by atoms with E-state index in [1.54, 1.807) is 24.3 Å². The third kappa shape index (κ3) is 6.32. The van der Waals surface area contributed by atoms with Gasteiger partial charge in [-0.3, -0.25) is 5.32 Å². The van der Waals surface area contributed by atoms with Crippen LogP contribution in [-0.2, 0) is 16.2 Å². The summed E-state index contributed by atoms with van der Waals surface area (Å²) in [4.78, 5) is 2.40. The van der Waals surface area contributed by atoms with E-state index in [0.717, 1.165) is 23.2 Å². The van der Waals surface area contributed by atoms with Crippen molar-refractivity contribution in [1.82, 2.24) is 4.72 Å². The molecule has 26 heavy (non-hydrogen) atoms. The van der Waals surface area contributed by atoms with Gasteiger partial charge in [0.15, 0.2) is 0 Å². The van der Waals surface area contributed by atoms with Crippen molar-refractivity contribution in [2.75, 3.05) is 18.4 Å². The van der Waals surface area contributed by atoms with E-state index in [9.17, 15) is 21.6 Å². The van der Waals surface area contributed by atoms with Gasteiger partial charge >= 0.3 is 6.18 Å². The van der Waals surface area contributed by atoms with Crippen LogP contribution >= 0.6 is 11.6 Å². The summed E-state index contributed by atoms with van der Waals surface area (Å²) in [7, 11) is -3.63. The Kier molecular flexibility index (Phi) is 6.63. The van der Waals surface area contributed by atoms with Crippen molar-refractivity contribution in [2.24, 2.45) is 0 Å². The molecule has 0 radical (unpaired) electrons. The molecule has 2 aromatic rings. The lowest BCUT2D eigenvalue weighted by atomic mass is 10.2. The van der Waals surface area contributed by atoms with E-state index in [1.807, 2.05) is 6.07 Å². The first-order valence-corrected chi connectivity index (χ1v) is 9.35. The maximum atomic E-state index is 12.6. The number of aromatic amines is 1. The second-order valence-electron chi connectivity index (χ2n) is 5.19. The van der Waals surface area contributed by atoms with Gasteiger partial charge in [0, 0.05) is 12.0 Å². The number of sulfonamides is 1. The van der Waals surface area contributed by atoms with Gasteiger partial charge in [-0.25, -0.2) is 18.1 Å². The Bertz CT molecular complexity index is 872. The number of pyridine rings is 1. The molecule has 0 atom stereocenters. The minimum Gasteiger partial charge on any atom is -0.272 e. The molecule has 1 heterocycles. The zero-order valence-electron chi connectivity index (χ0n) is 13.3. The normalized spacial score (nSPS) is 12.5. The molecule has 2 rings (SSSR count). The Morgan fingerprint density at radius 1 is 1.15 bits per heavy atom. The average Bonchev–Trinajstić information content (AvgIpc) is 2.58. The molecule has 0 fully saturated rings. The fraction of sp³-hybridized carbons (Fsp3) is 0.188. The predicted octanol–water partition coefficient (Wildman–Crippen LogP) is 3.18. The van der Waals surface area contributed by atoms with Crippen molar-refractivity contribution in [1.29, 1.82) is 0 Å². The highest BCUT2D eigenvalue weighted by Crippen LogP contribution is 2.30. The van der Waals surface area contributed by atoms with Gasteiger partial charge in [-0.1, -0.05) is 41.9 Å². The molecule has 0 aliphatic heterocycles. The monoisotopic (exact) mass is 406 g/mol. The molecule has 3 N–H and O–H groups in total. The van der Waals surface area contributed by atoms with Gasteiger partial charge in [-0.05, 0) is 17.7 Å². The lowest BCUT2D eigenvalue weighted by Gasteiger charge is -2.07. The quantitative estimate of drug-likeness (QED) is 0.694. The molecule has 0 amide bonds. The SMILES string of the molecule is O=S(=O)(/C=C/c1ccccc1)NCCNc1[nH+]cc(C(F)(F)F)cc1Cl. The van der Waals surface area contributed by atoms with Crippen molar-refractivity contribution in [3.63, 3.8) is 0 Å². The first-order chi connectivity index (χ1) is 12.2. The minimum atomic E-state index is -4.50. The summed E-state index contributed by atoms with van der Waals surface area (Å²) in [5, 5.41) is 3.63. The molecule has 0 aliphatic carbocycles. The molecule has 0 aliphatic rings. The molecule has 10 heteroatoms. The van der Waals surface area contributed by atoms with Crippen molar-refractivity contribution in [3.8, 4) is 0 Å². The predicted molar refractivity (Wildman–Crippen MR) is 93.9 cm³/mol. The summed E-state index contributed by atoms with van der Waals surface area (Å²) in [5.41, 5.74) is -0.165. The Balaban J connectivity index is 1.85. The summed E-state index contributed by atoms with van der Waals surface area (Å²) in [5.74, 6) is 0.165. The van der Waals surface area contributed by atoms with Crippen LogP contribution in [0.3, 0.4) is 0 Å². The zero-order chi connectivity index (χ0) is 19.2. The topological polar surface area (TPSA) is 72.3 Å². The van der Waals surface area contributed by atoms with Crippen molar-refractivity contribution < 1.29 is 26.6 Å². The average molecular weight is 407 g/mol. The van der Waals surface area contributed by atoms with Gasteiger partial charge < -0.3 is 0 Å². The highest BCUT2D eigenvalue weighted by atomic mass is 35.5. The van der Waals surface area contributed by atoms with Crippen molar-refractivity contribution in [2.45, 2.75) is 6.18 Å². The first-order valence-electron chi connectivity index (χ1n) is 7.42. The van der Waals surface area contributed by atoms with Gasteiger partial charge in [0.1, 0.15) is 11.2 Å². The smallest absolute Gasteiger partial charge is 0.272 e. The summed E-state index contributed by atoms with van der Waals surface area (Å²) in [6.07, 6.45) is -2.27. The van der Waals surface area contributed by atoms with E-state index < -0.39 is 21.8 Å². The fourth-order valence-electron chi connectivity index (χ4n) is 1.93. The van der Waals surface area contributed by atoms with Gasteiger partial charge in [-0.2, -0.15) is 13.2 Å². The number of rotatable bonds is 7. The van der Waals surface area contributed by atoms with Gasteiger partial charge in [0.05, 0.1) is 12.1 Å². The van der Waals surface area contributed by atoms with E-state index in [2.05, 4.69) is 15.0 Å². The van der Waals surface area contributed by atoms with Gasteiger partial charge in [-0.15, -0.1) is 0 Å². The standard InChI is InChI=1S/C16H15ClF3N3O2S/c17-14-10-13(16(18,19)20)11-22-15(14)21-7-8-23-26(24,25)9-6-12-4-2-1-3-5-12/h1-6,9-11,23H,7-8H2,(H,21,22)/p+1/b9-6+. The number of H-pyrrole nitrogens is 1. The lowest BCUT2D eigenvalue weighted by Crippen LogP contribution is -2.28. The molecule has 0 saturated heterocycles. The molecule has 140 valence electrons. The number of hydrogen-bond acceptors (Lipinski definition) is 3. The van der Waals surface area contributed by atoms with Crippen LogP contribution in [0.25, 0.3) is 6.08 Å². The van der Waals surface area contributed by atoms with E-state index >= 15 is 0 Å². The Labute approximate surface area is 154 Å². The van der Waals surface area contributed by atoms with Gasteiger partial charge in [0.25, 0.3) is 5.82 Å². The number of nitrogens with one attached hydrogen (secondary N) is 3. The maximum absolute atomic E-state index is 12.6. The number of halogens is 4. The molecule has 0 unspecified atom stereocenters. The molecule has 0 spiro atoms. The van der Waals surface area contributed by atoms with Crippen molar-refractivity contribution in [3.05, 3.63) is 64.2 Å². The minimum absolute atomic E-state index is 0.0205. The summed E-state index contributed by atoms with van der Waals surface area (Å²) < 4.78 is 63.7. The maximum Gasteiger partial charge on any atom is 0.419 e. The Morgan fingerprint density at radius 3 is 2.46 bits per heavy atom. The highest BCUT2D eigenvalue weighted by molar-refractivity contribution is 7.92. The van der Waals surface area contributed by atoms with E-state index in [4.69, 9.17) is 11.6 Å². The third-order valence-corrected chi connectivity index (χ3v) is 4.59. The molecular formula is C16H16ClF3N3O2S+. The Morgan fingerprint density at radius 2 is 1.85 bits per heavy atom. The second-order valence-corrected chi connectivity index (χ2v) is 7.25. The van der Waals surface area contributed by atoms with E-state index in [0.29, 0.717) is 0 Å². The molecule has 5 nitrogen and oxygen atoms in total. The second kappa shape index (κ2) is 8.52. The largest absolute Gasteiger partial charge is 0.419 e. The van der Waals surface area contributed by atoms with Crippen LogP contribution in [0.1, 0.15) is 11.1 Å². The van der Waals surface area contributed by atoms with Crippen LogP contribution in [0.4, 0.5) is 19.0 Å². The molecule has 0 bridgehead atoms. The molecule has 1 aromatic heterocycles. The van der Waals surface area contributed by atoms with Crippen LogP contribution < -0.4 is 15.0 Å². The number of alkyl halides is 3. The van der Waals surface area contributed by atoms with Gasteiger partial charge in [0.2, 0.25) is 10.0 Å². The van der Waals surface area contributed by atoms with E-state index in [-0.39, 0.29) is 23.9 Å². The highest BCUT2D eigenvalue weighted by Gasteiger charge is 2.32. The fourth-order valence-corrected chi connectivity index (χ4v) is 2.99. The molecule has 1 aromatic carbocycles. The zero-order valence-corrected chi connectivity index (χ0v) is 14.9. The number of aromatic nitrogens is 1. The Hall–Kier alpha value is -2.10. The van der Waals surface area contributed by atoms with Crippen LogP contribution in [0.2, 0.25) is 5.02 Å². The summed E-state index contributed by atoms with van der Waals surface area (Å²) in [6.45, 7) is 0.145. The van der Waals surface area contributed by atoms with Crippen LogP contribution in [0.5, 0.6) is 0 Å². The van der Waals surface area contributed by atoms with E-state index in [1.165, 1.54) is 6.08 Å².